The Morgan fingerprint density at radius 1 is 0.982 bits per heavy atom. The van der Waals surface area contributed by atoms with Crippen molar-refractivity contribution >= 4 is 59.7 Å². The zero-order valence-electron chi connectivity index (χ0n) is 29.5. The average molecular weight is 842 g/mol. The molecule has 2 aromatic heterocycles. The van der Waals surface area contributed by atoms with Crippen LogP contribution in [0.15, 0.2) is 69.4 Å². The summed E-state index contributed by atoms with van der Waals surface area (Å²) in [7, 11) is -14.5. The number of hydrogen-bond donors (Lipinski definition) is 2. The molecule has 4 unspecified atom stereocenters. The molecule has 1 saturated carbocycles. The van der Waals surface area contributed by atoms with Crippen LogP contribution >= 0.6 is 12.0 Å². The van der Waals surface area contributed by atoms with Crippen molar-refractivity contribution in [1.82, 2.24) is 9.97 Å². The molecule has 22 heteroatoms. The molecular formula is C33H37N4O14S4-3. The summed E-state index contributed by atoms with van der Waals surface area (Å²) in [5.41, 5.74) is 1.99. The van der Waals surface area contributed by atoms with Crippen LogP contribution in [0.5, 0.6) is 0 Å². The van der Waals surface area contributed by atoms with Crippen LogP contribution < -0.4 is 10.2 Å². The van der Waals surface area contributed by atoms with Crippen LogP contribution in [0.4, 0.5) is 11.6 Å². The number of fused-ring (bicyclic) bond motifs is 6. The number of rotatable bonds is 14. The number of nitrogens with zero attached hydrogens (tertiary/aromatic N) is 4. The van der Waals surface area contributed by atoms with Crippen LogP contribution in [0, 0.1) is 0 Å². The van der Waals surface area contributed by atoms with Crippen molar-refractivity contribution in [1.29, 1.82) is 0 Å². The Bertz CT molecular complexity index is 2350. The number of hydrogen-bond acceptors (Lipinski definition) is 18. The standard InChI is InChI=1S/C33H40N4O14S4/c1-32-10-4-8-20(28(32)36(16-23(39)19-54(44,45)46)30-27(32)13-25(15-35-30)55(47,48)49)6-3-7-21-9-5-11-33(2)26-12-24(52-51-50-40)14-34-31(26)37(29(21)33)22(17-38)18-53(41,42)43/h3,6-7,12-15,22-23,38-39H,4-5,8-11,16-19H2,1-2H3,(H3-,40,41,42,43,44,45,46,47,48,49)/p-3. The molecule has 2 aromatic rings. The molecule has 0 bridgehead atoms. The van der Waals surface area contributed by atoms with Crippen LogP contribution in [0.25, 0.3) is 0 Å². The summed E-state index contributed by atoms with van der Waals surface area (Å²) in [5, 5.41) is 35.1. The Kier molecular flexibility index (Phi) is 11.6. The highest BCUT2D eigenvalue weighted by molar-refractivity contribution is 7.94. The van der Waals surface area contributed by atoms with E-state index in [2.05, 4.69) is 19.3 Å². The van der Waals surface area contributed by atoms with Gasteiger partial charge in [0.05, 0.1) is 77.2 Å². The zero-order chi connectivity index (χ0) is 40.1. The minimum absolute atomic E-state index is 0.206. The van der Waals surface area contributed by atoms with E-state index in [1.54, 1.807) is 27.7 Å². The fourth-order valence-corrected chi connectivity index (χ4v) is 10.6. The maximum atomic E-state index is 12.0. The summed E-state index contributed by atoms with van der Waals surface area (Å²) < 4.78 is 113. The molecule has 2 aliphatic carbocycles. The second-order valence-corrected chi connectivity index (χ2v) is 19.4. The predicted octanol–water partition coefficient (Wildman–Crippen LogP) is 0.662. The molecule has 0 aromatic carbocycles. The Morgan fingerprint density at radius 2 is 1.67 bits per heavy atom. The number of aliphatic hydroxyl groups excluding tert-OH is 2. The van der Waals surface area contributed by atoms with E-state index < -0.39 is 76.3 Å². The lowest BCUT2D eigenvalue weighted by Crippen LogP contribution is -2.44. The molecule has 2 aliphatic heterocycles. The van der Waals surface area contributed by atoms with Gasteiger partial charge in [0.1, 0.15) is 34.3 Å². The van der Waals surface area contributed by atoms with Crippen molar-refractivity contribution in [2.45, 2.75) is 85.1 Å². The largest absolute Gasteiger partial charge is 0.748 e. The lowest BCUT2D eigenvalue weighted by molar-refractivity contribution is -0.777. The highest BCUT2D eigenvalue weighted by Gasteiger charge is 2.52. The smallest absolute Gasteiger partial charge is 0.327 e. The number of aromatic nitrogens is 2. The highest BCUT2D eigenvalue weighted by Crippen LogP contribution is 2.55. The fraction of sp³-hybridized carbons (Fsp3) is 0.485. The van der Waals surface area contributed by atoms with Gasteiger partial charge < -0.3 is 34.0 Å². The Hall–Kier alpha value is -3.13. The Labute approximate surface area is 322 Å². The second-order valence-electron chi connectivity index (χ2n) is 14.3. The van der Waals surface area contributed by atoms with E-state index in [1.165, 1.54) is 12.3 Å². The van der Waals surface area contributed by atoms with E-state index in [1.807, 2.05) is 19.9 Å². The summed E-state index contributed by atoms with van der Waals surface area (Å²) in [6.45, 7) is 2.70. The first-order valence-corrected chi connectivity index (χ1v) is 22.3. The van der Waals surface area contributed by atoms with Gasteiger partial charge in [-0.1, -0.05) is 18.2 Å². The summed E-state index contributed by atoms with van der Waals surface area (Å²) in [6, 6.07) is 1.76. The van der Waals surface area contributed by atoms with Crippen LogP contribution in [0.1, 0.15) is 63.5 Å². The second kappa shape index (κ2) is 15.3. The molecule has 0 amide bonds. The minimum atomic E-state index is -4.90. The van der Waals surface area contributed by atoms with Crippen molar-refractivity contribution < 1.29 is 68.3 Å². The Morgan fingerprint density at radius 3 is 2.33 bits per heavy atom. The molecule has 4 heterocycles. The predicted molar refractivity (Wildman–Crippen MR) is 189 cm³/mol. The summed E-state index contributed by atoms with van der Waals surface area (Å²) in [5.74, 6) is -1.47. The number of pyridine rings is 2. The first-order chi connectivity index (χ1) is 25.7. The first-order valence-electron chi connectivity index (χ1n) is 17.0. The SMILES string of the molecule is CC12CCCC(/C=C/C=C3\CCCC4(C)C3=[N+](CC(O)CS(=O)(=O)[O-])c3ncc(S(=O)(=O)[O-])cc34)=C1N(C(CO)CS(=O)(=O)[O-])c1ncc(SOO[O-])cc12. The third kappa shape index (κ3) is 8.32. The minimum Gasteiger partial charge on any atom is -0.748 e. The van der Waals surface area contributed by atoms with E-state index >= 15 is 0 Å². The number of β-amino-alcohol motifs (C(OH)–C–C–N with tert-alkyl or cyclic N) is 1. The molecule has 0 radical (unpaired) electrons. The molecule has 18 nitrogen and oxygen atoms in total. The van der Waals surface area contributed by atoms with Gasteiger partial charge in [-0.05, 0) is 80.6 Å². The van der Waals surface area contributed by atoms with E-state index in [9.17, 15) is 54.4 Å². The number of allylic oxidation sites excluding steroid dienone is 6. The van der Waals surface area contributed by atoms with Crippen molar-refractivity contribution in [3.63, 3.8) is 0 Å². The molecule has 2 N–H and O–H groups in total. The van der Waals surface area contributed by atoms with Gasteiger partial charge in [-0.25, -0.2) is 34.8 Å². The van der Waals surface area contributed by atoms with Crippen molar-refractivity contribution in [3.05, 3.63) is 70.7 Å². The molecule has 300 valence electrons. The van der Waals surface area contributed by atoms with Crippen LogP contribution in [-0.2, 0) is 50.6 Å². The van der Waals surface area contributed by atoms with Crippen LogP contribution in [-0.4, -0.2) is 106 Å². The quantitative estimate of drug-likeness (QED) is 0.0868. The molecule has 4 atom stereocenters. The fourth-order valence-electron chi connectivity index (χ4n) is 8.49. The van der Waals surface area contributed by atoms with Crippen LogP contribution in [0.2, 0.25) is 0 Å². The number of aliphatic hydroxyl groups is 2. The van der Waals surface area contributed by atoms with Crippen molar-refractivity contribution in [3.8, 4) is 0 Å². The first kappa shape index (κ1) is 41.5. The third-order valence-corrected chi connectivity index (χ3v) is 13.5. The van der Waals surface area contributed by atoms with Gasteiger partial charge in [0.2, 0.25) is 0 Å². The maximum absolute atomic E-state index is 12.0. The van der Waals surface area contributed by atoms with Gasteiger partial charge in [-0.3, -0.25) is 5.04 Å². The van der Waals surface area contributed by atoms with E-state index in [-0.39, 0.29) is 12.4 Å². The topological polar surface area (TPSA) is 286 Å². The number of anilines is 1. The summed E-state index contributed by atoms with van der Waals surface area (Å²) in [4.78, 5) is 10.2. The molecule has 6 rings (SSSR count). The van der Waals surface area contributed by atoms with Gasteiger partial charge in [-0.2, -0.15) is 4.33 Å². The third-order valence-electron chi connectivity index (χ3n) is 10.6. The average Bonchev–Trinajstić information content (AvgIpc) is 3.49. The lowest BCUT2D eigenvalue weighted by Gasteiger charge is -2.38. The molecule has 1 fully saturated rings. The van der Waals surface area contributed by atoms with E-state index in [0.717, 1.165) is 17.3 Å². The van der Waals surface area contributed by atoms with Crippen LogP contribution in [0.3, 0.4) is 0 Å². The van der Waals surface area contributed by atoms with Crippen molar-refractivity contribution in [2.24, 2.45) is 0 Å². The Balaban J connectivity index is 1.47. The maximum Gasteiger partial charge on any atom is 0.327 e. The van der Waals surface area contributed by atoms with Gasteiger partial charge >= 0.3 is 5.82 Å². The normalized spacial score (nSPS) is 24.7. The van der Waals surface area contributed by atoms with E-state index in [0.29, 0.717) is 83.8 Å². The lowest BCUT2D eigenvalue weighted by atomic mass is 9.69. The highest BCUT2D eigenvalue weighted by atomic mass is 32.2. The summed E-state index contributed by atoms with van der Waals surface area (Å²) in [6.07, 6.45) is 9.40. The summed E-state index contributed by atoms with van der Waals surface area (Å²) >= 11 is 0.625. The molecule has 0 saturated heterocycles. The van der Waals surface area contributed by atoms with Gasteiger partial charge in [0.25, 0.3) is 0 Å². The molecule has 55 heavy (non-hydrogen) atoms. The molecule has 4 aliphatic rings. The molecule has 0 spiro atoms. The van der Waals surface area contributed by atoms with Gasteiger partial charge in [0.15, 0.2) is 6.20 Å². The van der Waals surface area contributed by atoms with Crippen molar-refractivity contribution in [2.75, 3.05) is 29.6 Å². The monoisotopic (exact) mass is 841 g/mol. The zero-order valence-corrected chi connectivity index (χ0v) is 32.7. The van der Waals surface area contributed by atoms with E-state index in [4.69, 9.17) is 0 Å². The van der Waals surface area contributed by atoms with Gasteiger partial charge in [0, 0.05) is 22.9 Å². The molecular weight excluding hydrogens is 805 g/mol. The van der Waals surface area contributed by atoms with Gasteiger partial charge in [-0.15, -0.1) is 0 Å².